The summed E-state index contributed by atoms with van der Waals surface area (Å²) in [4.78, 5) is 0. The van der Waals surface area contributed by atoms with Gasteiger partial charge in [-0.2, -0.15) is 0 Å². The molecule has 1 aromatic rings. The number of unbranched alkanes of at least 4 members (excludes halogenated alkanes) is 5. The summed E-state index contributed by atoms with van der Waals surface area (Å²) < 4.78 is 0. The third kappa shape index (κ3) is 6.35. The molecule has 1 aromatic carbocycles. The van der Waals surface area contributed by atoms with Crippen molar-refractivity contribution in [1.29, 1.82) is 0 Å². The number of anilines is 1. The van der Waals surface area contributed by atoms with Gasteiger partial charge in [0.25, 0.3) is 0 Å². The van der Waals surface area contributed by atoms with Crippen molar-refractivity contribution in [3.8, 4) is 0 Å². The molecule has 0 aliphatic carbocycles. The molecule has 96 valence electrons. The van der Waals surface area contributed by atoms with Crippen LogP contribution >= 0.6 is 0 Å². The summed E-state index contributed by atoms with van der Waals surface area (Å²) in [5, 5.41) is 3.52. The molecule has 1 N–H and O–H groups in total. The molecule has 0 unspecified atom stereocenters. The molecule has 0 aliphatic heterocycles. The number of rotatable bonds is 8. The third-order valence-corrected chi connectivity index (χ3v) is 3.08. The highest BCUT2D eigenvalue weighted by molar-refractivity contribution is 5.48. The van der Waals surface area contributed by atoms with Crippen LogP contribution in [0.3, 0.4) is 0 Å². The zero-order valence-corrected chi connectivity index (χ0v) is 11.7. The van der Waals surface area contributed by atoms with Gasteiger partial charge in [-0.05, 0) is 43.5 Å². The summed E-state index contributed by atoms with van der Waals surface area (Å²) in [7, 11) is 0. The highest BCUT2D eigenvalue weighted by Gasteiger charge is 1.95. The minimum atomic E-state index is 1.11. The fourth-order valence-corrected chi connectivity index (χ4v) is 2.21. The maximum atomic E-state index is 3.52. The average Bonchev–Trinajstić information content (AvgIpc) is 2.26. The Labute approximate surface area is 107 Å². The van der Waals surface area contributed by atoms with E-state index < -0.39 is 0 Å². The zero-order chi connectivity index (χ0) is 12.5. The molecule has 0 aliphatic rings. The minimum absolute atomic E-state index is 1.11. The van der Waals surface area contributed by atoms with E-state index in [1.165, 1.54) is 55.3 Å². The second kappa shape index (κ2) is 8.16. The van der Waals surface area contributed by atoms with Crippen molar-refractivity contribution in [2.24, 2.45) is 0 Å². The first-order valence-electron chi connectivity index (χ1n) is 7.04. The van der Waals surface area contributed by atoms with Gasteiger partial charge in [-0.15, -0.1) is 0 Å². The first-order chi connectivity index (χ1) is 8.22. The molecular formula is C16H27N. The summed E-state index contributed by atoms with van der Waals surface area (Å²) in [5.41, 5.74) is 3.96. The van der Waals surface area contributed by atoms with Gasteiger partial charge in [0.1, 0.15) is 0 Å². The molecule has 1 heteroatoms. The Bertz CT molecular complexity index is 297. The van der Waals surface area contributed by atoms with Crippen LogP contribution in [0.5, 0.6) is 0 Å². The Morgan fingerprint density at radius 3 is 2.06 bits per heavy atom. The van der Waals surface area contributed by atoms with Gasteiger partial charge in [-0.3, -0.25) is 0 Å². The first-order valence-corrected chi connectivity index (χ1v) is 7.04. The maximum absolute atomic E-state index is 3.52. The van der Waals surface area contributed by atoms with E-state index in [-0.39, 0.29) is 0 Å². The van der Waals surface area contributed by atoms with Gasteiger partial charge in [0.05, 0.1) is 0 Å². The van der Waals surface area contributed by atoms with Crippen molar-refractivity contribution < 1.29 is 0 Å². The molecule has 0 fully saturated rings. The zero-order valence-electron chi connectivity index (χ0n) is 11.7. The second-order valence-electron chi connectivity index (χ2n) is 5.07. The Balaban J connectivity index is 2.13. The molecule has 1 nitrogen and oxygen atoms in total. The molecule has 0 heterocycles. The summed E-state index contributed by atoms with van der Waals surface area (Å²) in [6.45, 7) is 7.68. The fraction of sp³-hybridized carbons (Fsp3) is 0.625. The van der Waals surface area contributed by atoms with Crippen LogP contribution in [0.15, 0.2) is 18.2 Å². The van der Waals surface area contributed by atoms with Gasteiger partial charge in [0.15, 0.2) is 0 Å². The van der Waals surface area contributed by atoms with E-state index in [1.54, 1.807) is 0 Å². The van der Waals surface area contributed by atoms with Crippen molar-refractivity contribution >= 4 is 5.69 Å². The minimum Gasteiger partial charge on any atom is -0.385 e. The van der Waals surface area contributed by atoms with Crippen molar-refractivity contribution in [3.63, 3.8) is 0 Å². The van der Waals surface area contributed by atoms with E-state index >= 15 is 0 Å². The first kappa shape index (κ1) is 14.1. The molecule has 0 radical (unpaired) electrons. The van der Waals surface area contributed by atoms with Gasteiger partial charge in [-0.25, -0.2) is 0 Å². The van der Waals surface area contributed by atoms with Crippen LogP contribution < -0.4 is 5.32 Å². The van der Waals surface area contributed by atoms with Crippen molar-refractivity contribution in [3.05, 3.63) is 29.3 Å². The van der Waals surface area contributed by atoms with E-state index in [2.05, 4.69) is 44.3 Å². The monoisotopic (exact) mass is 233 g/mol. The lowest BCUT2D eigenvalue weighted by atomic mass is 10.1. The molecule has 0 amide bonds. The van der Waals surface area contributed by atoms with E-state index in [0.717, 1.165) is 6.54 Å². The van der Waals surface area contributed by atoms with E-state index in [4.69, 9.17) is 0 Å². The number of nitrogens with one attached hydrogen (secondary N) is 1. The summed E-state index contributed by atoms with van der Waals surface area (Å²) in [6, 6.07) is 6.67. The Hall–Kier alpha value is -0.980. The standard InChI is InChI=1S/C16H27N/c1-4-5-6-7-8-9-10-17-16-12-14(2)11-15(3)13-16/h11-13,17H,4-10H2,1-3H3. The van der Waals surface area contributed by atoms with Crippen LogP contribution in [0.2, 0.25) is 0 Å². The molecule has 0 saturated heterocycles. The summed E-state index contributed by atoms with van der Waals surface area (Å²) >= 11 is 0. The van der Waals surface area contributed by atoms with Gasteiger partial charge in [0.2, 0.25) is 0 Å². The fourth-order valence-electron chi connectivity index (χ4n) is 2.21. The highest BCUT2D eigenvalue weighted by Crippen LogP contribution is 2.14. The number of benzene rings is 1. The Morgan fingerprint density at radius 2 is 1.41 bits per heavy atom. The average molecular weight is 233 g/mol. The van der Waals surface area contributed by atoms with Gasteiger partial charge < -0.3 is 5.32 Å². The lowest BCUT2D eigenvalue weighted by Crippen LogP contribution is -2.01. The summed E-state index contributed by atoms with van der Waals surface area (Å²) in [5.74, 6) is 0. The summed E-state index contributed by atoms with van der Waals surface area (Å²) in [6.07, 6.45) is 8.17. The van der Waals surface area contributed by atoms with Crippen molar-refractivity contribution in [2.75, 3.05) is 11.9 Å². The van der Waals surface area contributed by atoms with Crippen LogP contribution in [0.4, 0.5) is 5.69 Å². The van der Waals surface area contributed by atoms with Crippen LogP contribution in [0.1, 0.15) is 56.6 Å². The van der Waals surface area contributed by atoms with Crippen LogP contribution in [0.25, 0.3) is 0 Å². The van der Waals surface area contributed by atoms with Crippen LogP contribution in [0, 0.1) is 13.8 Å². The highest BCUT2D eigenvalue weighted by atomic mass is 14.9. The van der Waals surface area contributed by atoms with Crippen LogP contribution in [-0.4, -0.2) is 6.54 Å². The topological polar surface area (TPSA) is 12.0 Å². The molecular weight excluding hydrogens is 206 g/mol. The predicted octanol–water partition coefficient (Wildman–Crippen LogP) is 5.08. The third-order valence-electron chi connectivity index (χ3n) is 3.08. The van der Waals surface area contributed by atoms with Gasteiger partial charge in [0, 0.05) is 12.2 Å². The lowest BCUT2D eigenvalue weighted by molar-refractivity contribution is 0.617. The van der Waals surface area contributed by atoms with Gasteiger partial charge >= 0.3 is 0 Å². The quantitative estimate of drug-likeness (QED) is 0.618. The Kier molecular flexibility index (Phi) is 6.76. The SMILES string of the molecule is CCCCCCCCNc1cc(C)cc(C)c1. The molecule has 0 spiro atoms. The Morgan fingerprint density at radius 1 is 0.824 bits per heavy atom. The van der Waals surface area contributed by atoms with Crippen molar-refractivity contribution in [1.82, 2.24) is 0 Å². The second-order valence-corrected chi connectivity index (χ2v) is 5.07. The lowest BCUT2D eigenvalue weighted by Gasteiger charge is -2.08. The molecule has 0 atom stereocenters. The smallest absolute Gasteiger partial charge is 0.0345 e. The van der Waals surface area contributed by atoms with Crippen molar-refractivity contribution in [2.45, 2.75) is 59.3 Å². The normalized spacial score (nSPS) is 10.5. The van der Waals surface area contributed by atoms with E-state index in [0.29, 0.717) is 0 Å². The van der Waals surface area contributed by atoms with Gasteiger partial charge in [-0.1, -0.05) is 45.1 Å². The number of hydrogen-bond acceptors (Lipinski definition) is 1. The molecule has 0 saturated carbocycles. The number of hydrogen-bond donors (Lipinski definition) is 1. The number of aryl methyl sites for hydroxylation is 2. The largest absolute Gasteiger partial charge is 0.385 e. The van der Waals surface area contributed by atoms with E-state index in [1.807, 2.05) is 0 Å². The molecule has 0 bridgehead atoms. The predicted molar refractivity (Wildman–Crippen MR) is 77.8 cm³/mol. The molecule has 17 heavy (non-hydrogen) atoms. The van der Waals surface area contributed by atoms with Crippen LogP contribution in [-0.2, 0) is 0 Å². The molecule has 0 aromatic heterocycles. The molecule has 1 rings (SSSR count). The van der Waals surface area contributed by atoms with E-state index in [9.17, 15) is 0 Å². The maximum Gasteiger partial charge on any atom is 0.0345 e.